The van der Waals surface area contributed by atoms with Gasteiger partial charge in [-0.05, 0) is 25.2 Å². The highest BCUT2D eigenvalue weighted by molar-refractivity contribution is 7.98. The average molecular weight is 354 g/mol. The summed E-state index contributed by atoms with van der Waals surface area (Å²) < 4.78 is 11.0. The van der Waals surface area contributed by atoms with Crippen molar-refractivity contribution in [2.45, 2.75) is 38.5 Å². The molecule has 1 saturated heterocycles. The Morgan fingerprint density at radius 2 is 2.29 bits per heavy atom. The number of nitrogens with zero attached hydrogens (tertiary/aromatic N) is 1. The third kappa shape index (κ3) is 5.27. The molecular weight excluding hydrogens is 328 g/mol. The second-order valence-electron chi connectivity index (χ2n) is 6.02. The SMILES string of the molecule is CCCCSCc1cc(C(=O)NC[C@@H]2CN(C)C(=O)CO2)oc1C. The number of hydrogen-bond acceptors (Lipinski definition) is 5. The van der Waals surface area contributed by atoms with Crippen LogP contribution in [0, 0.1) is 6.92 Å². The lowest BCUT2D eigenvalue weighted by molar-refractivity contribution is -0.146. The largest absolute Gasteiger partial charge is 0.456 e. The van der Waals surface area contributed by atoms with Crippen molar-refractivity contribution in [1.29, 1.82) is 0 Å². The van der Waals surface area contributed by atoms with E-state index < -0.39 is 0 Å². The monoisotopic (exact) mass is 354 g/mol. The van der Waals surface area contributed by atoms with Crippen LogP contribution in [0.3, 0.4) is 0 Å². The molecule has 0 spiro atoms. The fourth-order valence-corrected chi connectivity index (χ4v) is 3.52. The summed E-state index contributed by atoms with van der Waals surface area (Å²) in [6, 6.07) is 1.82. The minimum atomic E-state index is -0.244. The summed E-state index contributed by atoms with van der Waals surface area (Å²) in [5.74, 6) is 2.83. The third-order valence-corrected chi connectivity index (χ3v) is 5.07. The van der Waals surface area contributed by atoms with Crippen molar-refractivity contribution in [2.75, 3.05) is 32.5 Å². The van der Waals surface area contributed by atoms with Crippen LogP contribution in [0.1, 0.15) is 41.6 Å². The lowest BCUT2D eigenvalue weighted by Crippen LogP contribution is -2.48. The summed E-state index contributed by atoms with van der Waals surface area (Å²) in [5.41, 5.74) is 1.07. The molecule has 1 atom stereocenters. The molecule has 7 heteroatoms. The van der Waals surface area contributed by atoms with Gasteiger partial charge in [0, 0.05) is 31.5 Å². The smallest absolute Gasteiger partial charge is 0.287 e. The Hall–Kier alpha value is -1.47. The summed E-state index contributed by atoms with van der Waals surface area (Å²) in [4.78, 5) is 25.2. The van der Waals surface area contributed by atoms with E-state index in [9.17, 15) is 9.59 Å². The standard InChI is InChI=1S/C17H26N2O4S/c1-4-5-6-24-11-13-7-15(23-12(13)2)17(21)18-8-14-9-19(3)16(20)10-22-14/h7,14H,4-6,8-11H2,1-3H3,(H,18,21)/t14-/m1/s1. The van der Waals surface area contributed by atoms with Gasteiger partial charge in [0.15, 0.2) is 5.76 Å². The van der Waals surface area contributed by atoms with Crippen LogP contribution in [-0.2, 0) is 15.3 Å². The molecule has 2 rings (SSSR count). The molecule has 0 aliphatic carbocycles. The number of unbranched alkanes of at least 4 members (excludes halogenated alkanes) is 1. The molecule has 24 heavy (non-hydrogen) atoms. The van der Waals surface area contributed by atoms with E-state index in [-0.39, 0.29) is 24.5 Å². The Labute approximate surface area is 147 Å². The maximum atomic E-state index is 12.2. The van der Waals surface area contributed by atoms with Crippen molar-refractivity contribution >= 4 is 23.6 Å². The molecule has 6 nitrogen and oxygen atoms in total. The van der Waals surface area contributed by atoms with E-state index in [1.54, 1.807) is 11.9 Å². The lowest BCUT2D eigenvalue weighted by Gasteiger charge is -2.29. The summed E-state index contributed by atoms with van der Waals surface area (Å²) >= 11 is 1.86. The average Bonchev–Trinajstić information content (AvgIpc) is 2.93. The van der Waals surface area contributed by atoms with Crippen LogP contribution in [0.25, 0.3) is 0 Å². The number of ether oxygens (including phenoxy) is 1. The Morgan fingerprint density at radius 3 is 3.00 bits per heavy atom. The van der Waals surface area contributed by atoms with Gasteiger partial charge < -0.3 is 19.4 Å². The maximum absolute atomic E-state index is 12.2. The van der Waals surface area contributed by atoms with Gasteiger partial charge in [0.05, 0.1) is 6.10 Å². The second-order valence-corrected chi connectivity index (χ2v) is 7.12. The molecule has 2 amide bonds. The van der Waals surface area contributed by atoms with E-state index in [4.69, 9.17) is 9.15 Å². The number of aryl methyl sites for hydroxylation is 1. The van der Waals surface area contributed by atoms with Crippen molar-refractivity contribution in [2.24, 2.45) is 0 Å². The van der Waals surface area contributed by atoms with E-state index in [1.807, 2.05) is 24.8 Å². The Morgan fingerprint density at radius 1 is 1.50 bits per heavy atom. The molecule has 1 N–H and O–H groups in total. The fourth-order valence-electron chi connectivity index (χ4n) is 2.38. The first-order valence-corrected chi connectivity index (χ1v) is 9.47. The zero-order valence-electron chi connectivity index (χ0n) is 14.6. The molecular formula is C17H26N2O4S. The minimum Gasteiger partial charge on any atom is -0.456 e. The normalized spacial score (nSPS) is 18.0. The van der Waals surface area contributed by atoms with Crippen molar-refractivity contribution in [3.63, 3.8) is 0 Å². The fraction of sp³-hybridized carbons (Fsp3) is 0.647. The number of carbonyl (C=O) groups excluding carboxylic acids is 2. The van der Waals surface area contributed by atoms with Crippen molar-refractivity contribution in [1.82, 2.24) is 10.2 Å². The quantitative estimate of drug-likeness (QED) is 0.725. The van der Waals surface area contributed by atoms with Gasteiger partial charge in [-0.15, -0.1) is 0 Å². The molecule has 1 aromatic heterocycles. The van der Waals surface area contributed by atoms with Crippen LogP contribution in [0.5, 0.6) is 0 Å². The van der Waals surface area contributed by atoms with Crippen LogP contribution in [0.15, 0.2) is 10.5 Å². The van der Waals surface area contributed by atoms with Crippen molar-refractivity contribution < 1.29 is 18.7 Å². The van der Waals surface area contributed by atoms with Crippen LogP contribution in [-0.4, -0.2) is 55.3 Å². The number of likely N-dealkylation sites (N-methyl/N-ethyl adjacent to an activating group) is 1. The van der Waals surface area contributed by atoms with E-state index in [2.05, 4.69) is 12.2 Å². The molecule has 1 aliphatic rings. The molecule has 1 aromatic rings. The predicted octanol–water partition coefficient (Wildman–Crippen LogP) is 2.21. The molecule has 0 aromatic carbocycles. The summed E-state index contributed by atoms with van der Waals surface area (Å²) in [7, 11) is 1.73. The first-order valence-electron chi connectivity index (χ1n) is 8.32. The molecule has 2 heterocycles. The van der Waals surface area contributed by atoms with Gasteiger partial charge in [-0.2, -0.15) is 11.8 Å². The van der Waals surface area contributed by atoms with Gasteiger partial charge in [-0.25, -0.2) is 0 Å². The number of furan rings is 1. The van der Waals surface area contributed by atoms with Crippen LogP contribution < -0.4 is 5.32 Å². The Balaban J connectivity index is 1.81. The van der Waals surface area contributed by atoms with Gasteiger partial charge in [0.2, 0.25) is 5.91 Å². The highest BCUT2D eigenvalue weighted by Crippen LogP contribution is 2.21. The van der Waals surface area contributed by atoms with E-state index in [0.29, 0.717) is 18.8 Å². The number of rotatable bonds is 8. The maximum Gasteiger partial charge on any atom is 0.287 e. The third-order valence-electron chi connectivity index (χ3n) is 3.98. The first kappa shape index (κ1) is 18.9. The topological polar surface area (TPSA) is 71.8 Å². The Bertz CT molecular complexity index is 573. The first-order chi connectivity index (χ1) is 11.5. The zero-order chi connectivity index (χ0) is 17.5. The van der Waals surface area contributed by atoms with Gasteiger partial charge >= 0.3 is 0 Å². The highest BCUT2D eigenvalue weighted by Gasteiger charge is 2.24. The molecule has 0 saturated carbocycles. The summed E-state index contributed by atoms with van der Waals surface area (Å²) in [5, 5.41) is 2.82. The van der Waals surface area contributed by atoms with E-state index >= 15 is 0 Å². The number of carbonyl (C=O) groups is 2. The number of morpholine rings is 1. The number of nitrogens with one attached hydrogen (secondary N) is 1. The minimum absolute atomic E-state index is 0.0375. The molecule has 0 unspecified atom stereocenters. The van der Waals surface area contributed by atoms with Gasteiger partial charge in [0.25, 0.3) is 5.91 Å². The van der Waals surface area contributed by atoms with Crippen LogP contribution >= 0.6 is 11.8 Å². The highest BCUT2D eigenvalue weighted by atomic mass is 32.2. The number of hydrogen-bond donors (Lipinski definition) is 1. The molecule has 1 aliphatic heterocycles. The number of amides is 2. The van der Waals surface area contributed by atoms with Crippen LogP contribution in [0.4, 0.5) is 0 Å². The molecule has 1 fully saturated rings. The summed E-state index contributed by atoms with van der Waals surface area (Å²) in [6.07, 6.45) is 2.21. The van der Waals surface area contributed by atoms with Crippen LogP contribution in [0.2, 0.25) is 0 Å². The van der Waals surface area contributed by atoms with Crippen molar-refractivity contribution in [3.05, 3.63) is 23.2 Å². The van der Waals surface area contributed by atoms with E-state index in [0.717, 1.165) is 22.8 Å². The molecule has 0 bridgehead atoms. The molecule has 0 radical (unpaired) electrons. The Kier molecular flexibility index (Phi) is 7.17. The molecule has 134 valence electrons. The lowest BCUT2D eigenvalue weighted by atomic mass is 10.2. The zero-order valence-corrected chi connectivity index (χ0v) is 15.4. The van der Waals surface area contributed by atoms with Gasteiger partial charge in [0.1, 0.15) is 12.4 Å². The van der Waals surface area contributed by atoms with Gasteiger partial charge in [-0.3, -0.25) is 9.59 Å². The second kappa shape index (κ2) is 9.13. The summed E-state index contributed by atoms with van der Waals surface area (Å²) in [6.45, 7) is 4.97. The van der Waals surface area contributed by atoms with E-state index in [1.165, 1.54) is 12.8 Å². The van der Waals surface area contributed by atoms with Crippen molar-refractivity contribution in [3.8, 4) is 0 Å². The predicted molar refractivity (Wildman–Crippen MR) is 94.2 cm³/mol. The van der Waals surface area contributed by atoms with Gasteiger partial charge in [-0.1, -0.05) is 13.3 Å². The number of thioether (sulfide) groups is 1.